The van der Waals surface area contributed by atoms with Gasteiger partial charge in [0, 0.05) is 12.7 Å². The zero-order chi connectivity index (χ0) is 8.97. The molecule has 0 unspecified atom stereocenters. The third kappa shape index (κ3) is 1.79. The summed E-state index contributed by atoms with van der Waals surface area (Å²) in [4.78, 5) is 11.1. The van der Waals surface area contributed by atoms with Crippen LogP contribution >= 0.6 is 0 Å². The maximum Gasteiger partial charge on any atom is 0.184 e. The van der Waals surface area contributed by atoms with Gasteiger partial charge in [0.1, 0.15) is 5.71 Å². The van der Waals surface area contributed by atoms with E-state index in [2.05, 4.69) is 5.16 Å². The first-order valence-corrected chi connectivity index (χ1v) is 3.42. The van der Waals surface area contributed by atoms with Gasteiger partial charge in [0.2, 0.25) is 0 Å². The Kier molecular flexibility index (Phi) is 2.76. The summed E-state index contributed by atoms with van der Waals surface area (Å²) in [5.74, 6) is -0.107. The van der Waals surface area contributed by atoms with Crippen LogP contribution < -0.4 is 0 Å². The fraction of sp³-hybridized carbons (Fsp3) is 0.250. The number of methoxy groups -OCH3 is 1. The number of carbonyl (C=O) groups is 1. The summed E-state index contributed by atoms with van der Waals surface area (Å²) < 4.78 is 4.78. The van der Waals surface area contributed by atoms with Crippen molar-refractivity contribution in [1.82, 2.24) is 0 Å². The van der Waals surface area contributed by atoms with Gasteiger partial charge in [-0.05, 0) is 18.2 Å². The molecule has 0 aliphatic heterocycles. The molecular formula is C8H9NO3. The smallest absolute Gasteiger partial charge is 0.184 e. The Morgan fingerprint density at radius 1 is 1.58 bits per heavy atom. The van der Waals surface area contributed by atoms with Gasteiger partial charge in [-0.25, -0.2) is 0 Å². The number of hydrogen-bond acceptors (Lipinski definition) is 4. The van der Waals surface area contributed by atoms with Crippen molar-refractivity contribution < 1.29 is 14.7 Å². The Balaban J connectivity index is 2.83. The molecule has 1 rings (SSSR count). The number of nitrogens with zero attached hydrogens (tertiary/aromatic N) is 1. The summed E-state index contributed by atoms with van der Waals surface area (Å²) in [5, 5.41) is 11.4. The summed E-state index contributed by atoms with van der Waals surface area (Å²) in [6, 6.07) is 0. The number of ether oxygens (including phenoxy) is 1. The Hall–Kier alpha value is -1.42. The van der Waals surface area contributed by atoms with Crippen LogP contribution in [0, 0.1) is 0 Å². The molecule has 0 saturated heterocycles. The molecular weight excluding hydrogens is 158 g/mol. The average molecular weight is 167 g/mol. The second-order valence-electron chi connectivity index (χ2n) is 2.33. The van der Waals surface area contributed by atoms with Crippen LogP contribution in [0.1, 0.15) is 0 Å². The molecule has 0 amide bonds. The molecule has 4 nitrogen and oxygen atoms in total. The highest BCUT2D eigenvalue weighted by Crippen LogP contribution is 2.05. The van der Waals surface area contributed by atoms with E-state index >= 15 is 0 Å². The molecule has 0 bridgehead atoms. The van der Waals surface area contributed by atoms with E-state index in [-0.39, 0.29) is 12.4 Å². The molecule has 1 aliphatic rings. The minimum absolute atomic E-state index is 0.107. The number of rotatable bonds is 2. The SMILES string of the molecule is COCC1=CC(=NO)C=CC1=O. The van der Waals surface area contributed by atoms with Crippen LogP contribution in [-0.4, -0.2) is 30.4 Å². The second kappa shape index (κ2) is 3.82. The first-order chi connectivity index (χ1) is 5.77. The van der Waals surface area contributed by atoms with Gasteiger partial charge in [-0.1, -0.05) is 5.16 Å². The molecule has 0 atom stereocenters. The first-order valence-electron chi connectivity index (χ1n) is 3.42. The lowest BCUT2D eigenvalue weighted by molar-refractivity contribution is -0.111. The molecule has 0 heterocycles. The molecule has 0 radical (unpaired) electrons. The summed E-state index contributed by atoms with van der Waals surface area (Å²) in [5.41, 5.74) is 0.856. The average Bonchev–Trinajstić information content (AvgIpc) is 2.09. The number of allylic oxidation sites excluding steroid dienone is 3. The van der Waals surface area contributed by atoms with Crippen LogP contribution in [-0.2, 0) is 9.53 Å². The van der Waals surface area contributed by atoms with Gasteiger partial charge in [0.15, 0.2) is 5.78 Å². The van der Waals surface area contributed by atoms with Crippen LogP contribution in [0.5, 0.6) is 0 Å². The second-order valence-corrected chi connectivity index (χ2v) is 2.33. The first kappa shape index (κ1) is 8.67. The normalized spacial score (nSPS) is 19.9. The lowest BCUT2D eigenvalue weighted by atomic mass is 10.0. The van der Waals surface area contributed by atoms with Crippen LogP contribution in [0.15, 0.2) is 29.0 Å². The minimum Gasteiger partial charge on any atom is -0.410 e. The predicted octanol–water partition coefficient (Wildman–Crippen LogP) is 0.528. The Morgan fingerprint density at radius 2 is 2.33 bits per heavy atom. The third-order valence-corrected chi connectivity index (χ3v) is 1.46. The molecule has 4 heteroatoms. The van der Waals surface area contributed by atoms with Gasteiger partial charge in [-0.15, -0.1) is 0 Å². The van der Waals surface area contributed by atoms with E-state index in [9.17, 15) is 4.79 Å². The van der Waals surface area contributed by atoms with E-state index in [1.54, 1.807) is 0 Å². The van der Waals surface area contributed by atoms with Gasteiger partial charge in [0.25, 0.3) is 0 Å². The molecule has 0 aromatic rings. The lowest BCUT2D eigenvalue weighted by Gasteiger charge is -2.05. The van der Waals surface area contributed by atoms with Crippen LogP contribution in [0.3, 0.4) is 0 Å². The zero-order valence-corrected chi connectivity index (χ0v) is 6.65. The van der Waals surface area contributed by atoms with Crippen molar-refractivity contribution in [2.24, 2.45) is 5.16 Å². The van der Waals surface area contributed by atoms with Gasteiger partial charge < -0.3 is 9.94 Å². The number of ketones is 1. The number of oxime groups is 1. The van der Waals surface area contributed by atoms with E-state index in [4.69, 9.17) is 9.94 Å². The van der Waals surface area contributed by atoms with Crippen molar-refractivity contribution in [2.45, 2.75) is 0 Å². The summed E-state index contributed by atoms with van der Waals surface area (Å²) in [6.45, 7) is 0.238. The number of hydrogen-bond donors (Lipinski definition) is 1. The van der Waals surface area contributed by atoms with Crippen LogP contribution in [0.4, 0.5) is 0 Å². The standard InChI is InChI=1S/C8H9NO3/c1-12-5-6-4-7(9-11)2-3-8(6)10/h2-4,11H,5H2,1H3. The molecule has 64 valence electrons. The van der Waals surface area contributed by atoms with E-state index in [0.29, 0.717) is 11.3 Å². The number of carbonyl (C=O) groups excluding carboxylic acids is 1. The topological polar surface area (TPSA) is 58.9 Å². The zero-order valence-electron chi connectivity index (χ0n) is 6.65. The fourth-order valence-corrected chi connectivity index (χ4v) is 0.896. The van der Waals surface area contributed by atoms with Crippen molar-refractivity contribution in [3.63, 3.8) is 0 Å². The highest BCUT2D eigenvalue weighted by molar-refractivity contribution is 6.19. The van der Waals surface area contributed by atoms with Crippen molar-refractivity contribution in [3.05, 3.63) is 23.8 Å². The predicted molar refractivity (Wildman–Crippen MR) is 43.3 cm³/mol. The van der Waals surface area contributed by atoms with Gasteiger partial charge in [-0.2, -0.15) is 0 Å². The monoisotopic (exact) mass is 167 g/mol. The van der Waals surface area contributed by atoms with Gasteiger partial charge in [0.05, 0.1) is 6.61 Å². The summed E-state index contributed by atoms with van der Waals surface area (Å²) >= 11 is 0. The van der Waals surface area contributed by atoms with Crippen LogP contribution in [0.25, 0.3) is 0 Å². The quantitative estimate of drug-likeness (QED) is 0.370. The highest BCUT2D eigenvalue weighted by Gasteiger charge is 2.11. The maximum atomic E-state index is 11.1. The molecule has 0 aromatic heterocycles. The molecule has 0 saturated carbocycles. The van der Waals surface area contributed by atoms with E-state index in [1.807, 2.05) is 0 Å². The Bertz CT molecular complexity index is 276. The van der Waals surface area contributed by atoms with E-state index < -0.39 is 0 Å². The molecule has 1 N–H and O–H groups in total. The maximum absolute atomic E-state index is 11.1. The van der Waals surface area contributed by atoms with Crippen LogP contribution in [0.2, 0.25) is 0 Å². The molecule has 1 aliphatic carbocycles. The molecule has 0 aromatic carbocycles. The van der Waals surface area contributed by atoms with Crippen molar-refractivity contribution in [3.8, 4) is 0 Å². The largest absolute Gasteiger partial charge is 0.410 e. The minimum atomic E-state index is -0.107. The van der Waals surface area contributed by atoms with E-state index in [1.165, 1.54) is 25.3 Å². The molecule has 0 fully saturated rings. The highest BCUT2D eigenvalue weighted by atomic mass is 16.5. The van der Waals surface area contributed by atoms with Gasteiger partial charge >= 0.3 is 0 Å². The van der Waals surface area contributed by atoms with Crippen molar-refractivity contribution in [2.75, 3.05) is 13.7 Å². The summed E-state index contributed by atoms with van der Waals surface area (Å²) in [7, 11) is 1.50. The lowest BCUT2D eigenvalue weighted by Crippen LogP contribution is -2.11. The Labute approximate surface area is 69.8 Å². The van der Waals surface area contributed by atoms with Crippen molar-refractivity contribution >= 4 is 11.5 Å². The third-order valence-electron chi connectivity index (χ3n) is 1.46. The van der Waals surface area contributed by atoms with Gasteiger partial charge in [-0.3, -0.25) is 4.79 Å². The molecule has 0 spiro atoms. The molecule has 12 heavy (non-hydrogen) atoms. The van der Waals surface area contributed by atoms with E-state index in [0.717, 1.165) is 0 Å². The Morgan fingerprint density at radius 3 is 2.92 bits per heavy atom. The summed E-state index contributed by atoms with van der Waals surface area (Å²) in [6.07, 6.45) is 4.29. The van der Waals surface area contributed by atoms with Crippen molar-refractivity contribution in [1.29, 1.82) is 0 Å². The fourth-order valence-electron chi connectivity index (χ4n) is 0.896.